The summed E-state index contributed by atoms with van der Waals surface area (Å²) in [5, 5.41) is 6.81. The number of aliphatic imine (C=N–C) groups is 1. The van der Waals surface area contributed by atoms with E-state index in [0.717, 1.165) is 43.1 Å². The van der Waals surface area contributed by atoms with Gasteiger partial charge < -0.3 is 15.5 Å². The van der Waals surface area contributed by atoms with E-state index in [4.69, 9.17) is 4.99 Å². The van der Waals surface area contributed by atoms with Gasteiger partial charge in [0, 0.05) is 39.3 Å². The lowest BCUT2D eigenvalue weighted by atomic mass is 9.84. The maximum atomic E-state index is 12.1. The summed E-state index contributed by atoms with van der Waals surface area (Å²) in [6.07, 6.45) is 7.36. The van der Waals surface area contributed by atoms with Crippen molar-refractivity contribution >= 4 is 35.8 Å². The van der Waals surface area contributed by atoms with E-state index in [0.29, 0.717) is 5.41 Å². The Morgan fingerprint density at radius 1 is 1.18 bits per heavy atom. The third-order valence-electron chi connectivity index (χ3n) is 5.62. The molecule has 1 saturated carbocycles. The topological polar surface area (TPSA) is 56.7 Å². The fourth-order valence-corrected chi connectivity index (χ4v) is 3.78. The van der Waals surface area contributed by atoms with Crippen LogP contribution in [0.2, 0.25) is 0 Å². The second-order valence-corrected chi connectivity index (χ2v) is 7.83. The van der Waals surface area contributed by atoms with Gasteiger partial charge in [-0.1, -0.05) is 31.9 Å². The van der Waals surface area contributed by atoms with Crippen LogP contribution in [0.15, 0.2) is 29.3 Å². The first-order valence-corrected chi connectivity index (χ1v) is 10.3. The summed E-state index contributed by atoms with van der Waals surface area (Å²) in [6, 6.07) is 7.88. The maximum absolute atomic E-state index is 12.1. The fraction of sp³-hybridized carbons (Fsp3) is 0.636. The van der Waals surface area contributed by atoms with Gasteiger partial charge in [0.15, 0.2) is 5.96 Å². The van der Waals surface area contributed by atoms with Gasteiger partial charge in [-0.05, 0) is 55.7 Å². The minimum absolute atomic E-state index is 0. The number of rotatable bonds is 8. The van der Waals surface area contributed by atoms with Crippen LogP contribution < -0.4 is 10.6 Å². The Balaban J connectivity index is 0.00000392. The number of halogens is 1. The van der Waals surface area contributed by atoms with Crippen molar-refractivity contribution in [3.05, 3.63) is 35.4 Å². The number of carbonyl (C=O) groups excluding carboxylic acids is 1. The van der Waals surface area contributed by atoms with Crippen molar-refractivity contribution in [2.45, 2.75) is 52.4 Å². The van der Waals surface area contributed by atoms with Gasteiger partial charge in [0.2, 0.25) is 0 Å². The van der Waals surface area contributed by atoms with Crippen LogP contribution in [0.5, 0.6) is 0 Å². The number of carbonyl (C=O) groups is 1. The summed E-state index contributed by atoms with van der Waals surface area (Å²) in [4.78, 5) is 18.6. The van der Waals surface area contributed by atoms with Crippen LogP contribution in [0, 0.1) is 5.41 Å². The molecule has 1 aliphatic rings. The van der Waals surface area contributed by atoms with E-state index < -0.39 is 0 Å². The molecule has 1 aromatic carbocycles. The quantitative estimate of drug-likeness (QED) is 0.322. The van der Waals surface area contributed by atoms with Crippen LogP contribution in [0.25, 0.3) is 0 Å². The molecular formula is C22H37IN4O. The molecular weight excluding hydrogens is 463 g/mol. The molecule has 0 spiro atoms. The van der Waals surface area contributed by atoms with Crippen LogP contribution in [0.4, 0.5) is 0 Å². The number of benzene rings is 1. The van der Waals surface area contributed by atoms with Gasteiger partial charge in [0.1, 0.15) is 0 Å². The molecule has 1 fully saturated rings. The van der Waals surface area contributed by atoms with Crippen LogP contribution in [-0.2, 0) is 6.42 Å². The monoisotopic (exact) mass is 500 g/mol. The van der Waals surface area contributed by atoms with E-state index in [9.17, 15) is 4.79 Å². The SMILES string of the molecule is CCNC(=NCC1(CC)CCCC1)NCCc1cccc(C(=O)N(C)C)c1.I. The van der Waals surface area contributed by atoms with Crippen molar-refractivity contribution in [1.29, 1.82) is 0 Å². The predicted octanol–water partition coefficient (Wildman–Crippen LogP) is 4.07. The zero-order chi connectivity index (χ0) is 19.7. The van der Waals surface area contributed by atoms with Crippen LogP contribution >= 0.6 is 24.0 Å². The molecule has 0 unspecified atom stereocenters. The largest absolute Gasteiger partial charge is 0.357 e. The molecule has 2 rings (SSSR count). The van der Waals surface area contributed by atoms with Gasteiger partial charge in [0.05, 0.1) is 0 Å². The Morgan fingerprint density at radius 3 is 2.50 bits per heavy atom. The molecule has 158 valence electrons. The average molecular weight is 500 g/mol. The molecule has 0 heterocycles. The molecule has 0 aliphatic heterocycles. The molecule has 0 saturated heterocycles. The molecule has 0 atom stereocenters. The Hall–Kier alpha value is -1.31. The highest BCUT2D eigenvalue weighted by atomic mass is 127. The highest BCUT2D eigenvalue weighted by Gasteiger charge is 2.31. The first-order valence-electron chi connectivity index (χ1n) is 10.3. The molecule has 1 amide bonds. The van der Waals surface area contributed by atoms with Gasteiger partial charge in [-0.25, -0.2) is 0 Å². The molecule has 28 heavy (non-hydrogen) atoms. The third-order valence-corrected chi connectivity index (χ3v) is 5.62. The number of nitrogens with one attached hydrogen (secondary N) is 2. The van der Waals surface area contributed by atoms with Crippen molar-refractivity contribution in [2.75, 3.05) is 33.7 Å². The number of guanidine groups is 1. The van der Waals surface area contributed by atoms with Gasteiger partial charge in [0.25, 0.3) is 5.91 Å². The van der Waals surface area contributed by atoms with E-state index >= 15 is 0 Å². The summed E-state index contributed by atoms with van der Waals surface area (Å²) in [7, 11) is 3.56. The van der Waals surface area contributed by atoms with Gasteiger partial charge in [-0.3, -0.25) is 9.79 Å². The van der Waals surface area contributed by atoms with Crippen molar-refractivity contribution in [2.24, 2.45) is 10.4 Å². The number of amides is 1. The Labute approximate surface area is 187 Å². The maximum Gasteiger partial charge on any atom is 0.253 e. The molecule has 1 aliphatic carbocycles. The van der Waals surface area contributed by atoms with E-state index in [2.05, 4.69) is 30.5 Å². The van der Waals surface area contributed by atoms with Gasteiger partial charge in [-0.15, -0.1) is 24.0 Å². The lowest BCUT2D eigenvalue weighted by molar-refractivity contribution is 0.0827. The number of nitrogens with zero attached hydrogens (tertiary/aromatic N) is 2. The summed E-state index contributed by atoms with van der Waals surface area (Å²) < 4.78 is 0. The Kier molecular flexibility index (Phi) is 10.9. The molecule has 2 N–H and O–H groups in total. The Morgan fingerprint density at radius 2 is 1.89 bits per heavy atom. The summed E-state index contributed by atoms with van der Waals surface area (Å²) >= 11 is 0. The first kappa shape index (κ1) is 24.7. The minimum Gasteiger partial charge on any atom is -0.357 e. The molecule has 0 bridgehead atoms. The molecule has 6 heteroatoms. The lowest BCUT2D eigenvalue weighted by Gasteiger charge is -2.25. The zero-order valence-corrected chi connectivity index (χ0v) is 20.2. The average Bonchev–Trinajstić information content (AvgIpc) is 3.15. The molecule has 0 radical (unpaired) electrons. The van der Waals surface area contributed by atoms with Crippen molar-refractivity contribution < 1.29 is 4.79 Å². The molecule has 5 nitrogen and oxygen atoms in total. The standard InChI is InChI=1S/C22H36N4O.HI/c1-5-22(13-7-8-14-22)17-25-21(23-6-2)24-15-12-18-10-9-11-19(16-18)20(27)26(3)4;/h9-11,16H,5-8,12-15,17H2,1-4H3,(H2,23,24,25);1H. The van der Waals surface area contributed by atoms with E-state index in [-0.39, 0.29) is 29.9 Å². The zero-order valence-electron chi connectivity index (χ0n) is 17.9. The van der Waals surface area contributed by atoms with E-state index in [1.807, 2.05) is 18.2 Å². The third kappa shape index (κ3) is 7.26. The first-order chi connectivity index (χ1) is 13.0. The fourth-order valence-electron chi connectivity index (χ4n) is 3.78. The van der Waals surface area contributed by atoms with E-state index in [1.165, 1.54) is 32.1 Å². The predicted molar refractivity (Wildman–Crippen MR) is 129 cm³/mol. The smallest absolute Gasteiger partial charge is 0.253 e. The summed E-state index contributed by atoms with van der Waals surface area (Å²) in [5.41, 5.74) is 2.31. The van der Waals surface area contributed by atoms with Crippen molar-refractivity contribution in [3.63, 3.8) is 0 Å². The van der Waals surface area contributed by atoms with Gasteiger partial charge >= 0.3 is 0 Å². The normalized spacial score (nSPS) is 15.6. The van der Waals surface area contributed by atoms with Crippen molar-refractivity contribution in [1.82, 2.24) is 15.5 Å². The highest BCUT2D eigenvalue weighted by molar-refractivity contribution is 14.0. The number of hydrogen-bond acceptors (Lipinski definition) is 2. The molecule has 1 aromatic rings. The van der Waals surface area contributed by atoms with Gasteiger partial charge in [-0.2, -0.15) is 0 Å². The Bertz CT molecular complexity index is 639. The van der Waals surface area contributed by atoms with Crippen LogP contribution in [-0.4, -0.2) is 50.5 Å². The van der Waals surface area contributed by atoms with E-state index in [1.54, 1.807) is 19.0 Å². The van der Waals surface area contributed by atoms with Crippen LogP contribution in [0.3, 0.4) is 0 Å². The second-order valence-electron chi connectivity index (χ2n) is 7.83. The minimum atomic E-state index is 0. The lowest BCUT2D eigenvalue weighted by Crippen LogP contribution is -2.39. The highest BCUT2D eigenvalue weighted by Crippen LogP contribution is 2.41. The second kappa shape index (κ2) is 12.3. The summed E-state index contributed by atoms with van der Waals surface area (Å²) in [6.45, 7) is 6.95. The summed E-state index contributed by atoms with van der Waals surface area (Å²) in [5.74, 6) is 0.943. The molecule has 0 aromatic heterocycles. The van der Waals surface area contributed by atoms with Crippen molar-refractivity contribution in [3.8, 4) is 0 Å². The van der Waals surface area contributed by atoms with Crippen LogP contribution in [0.1, 0.15) is 61.9 Å². The number of hydrogen-bond donors (Lipinski definition) is 2.